The van der Waals surface area contributed by atoms with Crippen LogP contribution in [0.15, 0.2) is 33.0 Å². The molecule has 0 saturated heterocycles. The molecular weight excluding hydrogens is 485 g/mol. The highest BCUT2D eigenvalue weighted by atomic mass is 35.5. The first-order chi connectivity index (χ1) is 14.6. The maximum absolute atomic E-state index is 12.8. The van der Waals surface area contributed by atoms with Crippen molar-refractivity contribution in [2.75, 3.05) is 12.4 Å². The Balaban J connectivity index is 1.58. The number of anilines is 1. The maximum atomic E-state index is 12.8. The summed E-state index contributed by atoms with van der Waals surface area (Å²) in [7, 11) is -2.35. The fourth-order valence-corrected chi connectivity index (χ4v) is 5.16. The molecule has 13 heteroatoms. The Morgan fingerprint density at radius 1 is 1.26 bits per heavy atom. The van der Waals surface area contributed by atoms with Gasteiger partial charge in [-0.15, -0.1) is 11.3 Å². The molecule has 0 fully saturated rings. The molecule has 0 aliphatic carbocycles. The molecule has 0 spiro atoms. The zero-order valence-corrected chi connectivity index (χ0v) is 19.9. The van der Waals surface area contributed by atoms with Crippen LogP contribution in [0.5, 0.6) is 0 Å². The van der Waals surface area contributed by atoms with Crippen LogP contribution >= 0.6 is 34.5 Å². The molecule has 2 amide bonds. The normalized spacial score (nSPS) is 11.7. The van der Waals surface area contributed by atoms with Crippen molar-refractivity contribution >= 4 is 55.7 Å². The number of nitrogens with zero attached hydrogens (tertiary/aromatic N) is 3. The van der Waals surface area contributed by atoms with E-state index in [1.54, 1.807) is 37.4 Å². The van der Waals surface area contributed by atoms with Gasteiger partial charge >= 0.3 is 6.03 Å². The molecule has 0 aliphatic heterocycles. The van der Waals surface area contributed by atoms with Gasteiger partial charge in [0.25, 0.3) is 0 Å². The van der Waals surface area contributed by atoms with Crippen LogP contribution in [0.1, 0.15) is 22.7 Å². The third-order valence-corrected chi connectivity index (χ3v) is 7.82. The third-order valence-electron chi connectivity index (χ3n) is 4.23. The third kappa shape index (κ3) is 5.55. The van der Waals surface area contributed by atoms with E-state index in [0.717, 1.165) is 9.87 Å². The summed E-state index contributed by atoms with van der Waals surface area (Å²) >= 11 is 13.0. The summed E-state index contributed by atoms with van der Waals surface area (Å²) < 4.78 is 31.7. The fourth-order valence-electron chi connectivity index (χ4n) is 2.72. The summed E-state index contributed by atoms with van der Waals surface area (Å²) in [4.78, 5) is 16.4. The number of hydrogen-bond donors (Lipinski definition) is 2. The molecule has 166 valence electrons. The van der Waals surface area contributed by atoms with Crippen molar-refractivity contribution in [1.29, 1.82) is 0 Å². The van der Waals surface area contributed by atoms with E-state index in [9.17, 15) is 13.2 Å². The molecule has 0 bridgehead atoms. The number of amides is 2. The molecule has 3 aromatic rings. The van der Waals surface area contributed by atoms with Crippen molar-refractivity contribution in [1.82, 2.24) is 19.8 Å². The van der Waals surface area contributed by atoms with E-state index in [4.69, 9.17) is 27.7 Å². The van der Waals surface area contributed by atoms with Gasteiger partial charge in [0.05, 0.1) is 22.3 Å². The van der Waals surface area contributed by atoms with Crippen LogP contribution in [0.4, 0.5) is 9.93 Å². The van der Waals surface area contributed by atoms with E-state index in [1.165, 1.54) is 18.4 Å². The van der Waals surface area contributed by atoms with E-state index in [1.807, 2.05) is 0 Å². The molecule has 0 aliphatic rings. The van der Waals surface area contributed by atoms with E-state index < -0.39 is 16.1 Å². The Morgan fingerprint density at radius 2 is 2.00 bits per heavy atom. The predicted molar refractivity (Wildman–Crippen MR) is 119 cm³/mol. The zero-order valence-electron chi connectivity index (χ0n) is 16.8. The van der Waals surface area contributed by atoms with Crippen LogP contribution in [-0.4, -0.2) is 35.9 Å². The van der Waals surface area contributed by atoms with Gasteiger partial charge in [-0.25, -0.2) is 18.2 Å². The van der Waals surface area contributed by atoms with Crippen molar-refractivity contribution in [3.63, 3.8) is 0 Å². The molecule has 31 heavy (non-hydrogen) atoms. The highest BCUT2D eigenvalue weighted by Crippen LogP contribution is 2.25. The van der Waals surface area contributed by atoms with Crippen molar-refractivity contribution in [2.24, 2.45) is 0 Å². The summed E-state index contributed by atoms with van der Waals surface area (Å²) in [5.74, 6) is 0.226. The SMILES string of the molecule is Cc1noc(C)c1S(=O)(=O)N(C)Cc1csc(NC(=O)NCc2ccc(Cl)c(Cl)c2)n1. The number of aryl methyl sites for hydroxylation is 2. The van der Waals surface area contributed by atoms with Gasteiger partial charge in [0.15, 0.2) is 10.9 Å². The number of urea groups is 1. The lowest BCUT2D eigenvalue weighted by molar-refractivity contribution is 0.251. The van der Waals surface area contributed by atoms with Gasteiger partial charge in [-0.2, -0.15) is 4.31 Å². The van der Waals surface area contributed by atoms with Gasteiger partial charge in [0, 0.05) is 19.0 Å². The predicted octanol–water partition coefficient (Wildman–Crippen LogP) is 4.20. The topological polar surface area (TPSA) is 117 Å². The van der Waals surface area contributed by atoms with Crippen molar-refractivity contribution in [3.8, 4) is 0 Å². The molecule has 0 atom stereocenters. The second kappa shape index (κ2) is 9.53. The van der Waals surface area contributed by atoms with Crippen LogP contribution in [0.3, 0.4) is 0 Å². The lowest BCUT2D eigenvalue weighted by Crippen LogP contribution is -2.28. The second-order valence-corrected chi connectivity index (χ2v) is 10.3. The number of thiazole rings is 1. The van der Waals surface area contributed by atoms with Crippen molar-refractivity contribution in [3.05, 3.63) is 56.3 Å². The summed E-state index contributed by atoms with van der Waals surface area (Å²) in [6, 6.07) is 4.62. The monoisotopic (exact) mass is 503 g/mol. The molecule has 9 nitrogen and oxygen atoms in total. The van der Waals surface area contributed by atoms with Gasteiger partial charge in [-0.05, 0) is 31.5 Å². The number of aromatic nitrogens is 2. The number of carbonyl (C=O) groups excluding carboxylic acids is 1. The first-order valence-electron chi connectivity index (χ1n) is 8.90. The van der Waals surface area contributed by atoms with Crippen molar-refractivity contribution < 1.29 is 17.7 Å². The van der Waals surface area contributed by atoms with Crippen LogP contribution in [0, 0.1) is 13.8 Å². The van der Waals surface area contributed by atoms with Gasteiger partial charge in [0.2, 0.25) is 10.0 Å². The molecule has 2 N–H and O–H groups in total. The number of hydrogen-bond acceptors (Lipinski definition) is 7. The standard InChI is InChI=1S/C18H19Cl2N5O4S2/c1-10-16(11(2)29-24-10)31(27,28)25(3)8-13-9-30-18(22-13)23-17(26)21-7-12-4-5-14(19)15(20)6-12/h4-6,9H,7-8H2,1-3H3,(H2,21,22,23,26). The molecule has 3 rings (SSSR count). The molecule has 0 saturated carbocycles. The average molecular weight is 504 g/mol. The molecule has 1 aromatic carbocycles. The number of carbonyl (C=O) groups is 1. The Kier molecular flexibility index (Phi) is 7.22. The van der Waals surface area contributed by atoms with Gasteiger partial charge in [-0.1, -0.05) is 34.4 Å². The molecule has 0 radical (unpaired) electrons. The smallest absolute Gasteiger partial charge is 0.321 e. The van der Waals surface area contributed by atoms with E-state index in [2.05, 4.69) is 20.8 Å². The highest BCUT2D eigenvalue weighted by Gasteiger charge is 2.29. The number of nitrogens with one attached hydrogen (secondary N) is 2. The average Bonchev–Trinajstić information content (AvgIpc) is 3.28. The van der Waals surface area contributed by atoms with Crippen LogP contribution in [0.2, 0.25) is 10.0 Å². The van der Waals surface area contributed by atoms with E-state index in [-0.39, 0.29) is 23.7 Å². The maximum Gasteiger partial charge on any atom is 0.321 e. The number of rotatable bonds is 7. The number of halogens is 2. The van der Waals surface area contributed by atoms with Crippen LogP contribution in [0.25, 0.3) is 0 Å². The Morgan fingerprint density at radius 3 is 2.65 bits per heavy atom. The van der Waals surface area contributed by atoms with E-state index in [0.29, 0.717) is 26.6 Å². The summed E-state index contributed by atoms with van der Waals surface area (Å²) in [6.45, 7) is 3.38. The summed E-state index contributed by atoms with van der Waals surface area (Å²) in [6.07, 6.45) is 0. The van der Waals surface area contributed by atoms with Gasteiger partial charge in [-0.3, -0.25) is 5.32 Å². The first kappa shape index (κ1) is 23.5. The first-order valence-corrected chi connectivity index (χ1v) is 12.0. The van der Waals surface area contributed by atoms with E-state index >= 15 is 0 Å². The lowest BCUT2D eigenvalue weighted by Gasteiger charge is -2.15. The number of sulfonamides is 1. The fraction of sp³-hybridized carbons (Fsp3) is 0.278. The minimum Gasteiger partial charge on any atom is -0.360 e. The second-order valence-electron chi connectivity index (χ2n) is 6.61. The molecule has 0 unspecified atom stereocenters. The quantitative estimate of drug-likeness (QED) is 0.498. The van der Waals surface area contributed by atoms with Crippen LogP contribution in [-0.2, 0) is 23.1 Å². The molecular formula is C18H19Cl2N5O4S2. The minimum absolute atomic E-state index is 0.0233. The zero-order chi connectivity index (χ0) is 22.8. The minimum atomic E-state index is -3.79. The summed E-state index contributed by atoms with van der Waals surface area (Å²) in [5, 5.41) is 11.9. The number of benzene rings is 1. The Hall–Kier alpha value is -2.18. The Labute approximate surface area is 193 Å². The van der Waals surface area contributed by atoms with Crippen LogP contribution < -0.4 is 10.6 Å². The summed E-state index contributed by atoms with van der Waals surface area (Å²) in [5.41, 5.74) is 1.57. The largest absolute Gasteiger partial charge is 0.360 e. The van der Waals surface area contributed by atoms with Gasteiger partial charge < -0.3 is 9.84 Å². The Bertz CT molecular complexity index is 1190. The lowest BCUT2D eigenvalue weighted by atomic mass is 10.2. The van der Waals surface area contributed by atoms with Gasteiger partial charge in [0.1, 0.15) is 10.6 Å². The molecule has 2 aromatic heterocycles. The molecule has 2 heterocycles. The van der Waals surface area contributed by atoms with Crippen molar-refractivity contribution in [2.45, 2.75) is 31.8 Å². The highest BCUT2D eigenvalue weighted by molar-refractivity contribution is 7.89.